The zero-order chi connectivity index (χ0) is 14.5. The van der Waals surface area contributed by atoms with Crippen LogP contribution < -0.4 is 4.89 Å². The van der Waals surface area contributed by atoms with Crippen molar-refractivity contribution in [2.24, 2.45) is 5.92 Å². The van der Waals surface area contributed by atoms with Gasteiger partial charge in [0.15, 0.2) is 6.42 Å². The summed E-state index contributed by atoms with van der Waals surface area (Å²) in [6.45, 7) is -0.303. The van der Waals surface area contributed by atoms with Gasteiger partial charge in [0.1, 0.15) is 24.9 Å². The number of carboxylic acid groups (broad SMARTS) is 1. The molecular weight excluding hydrogens is 302 g/mol. The highest BCUT2D eigenvalue weighted by Gasteiger charge is 2.46. The molecule has 9 nitrogen and oxygen atoms in total. The van der Waals surface area contributed by atoms with E-state index in [0.717, 1.165) is 12.8 Å². The first kappa shape index (κ1) is 16.5. The molecule has 2 unspecified atom stereocenters. The van der Waals surface area contributed by atoms with Gasteiger partial charge in [-0.05, 0) is 12.8 Å². The fourth-order valence-corrected chi connectivity index (χ4v) is 2.93. The van der Waals surface area contributed by atoms with Gasteiger partial charge in [-0.3, -0.25) is 4.52 Å². The minimum Gasteiger partial charge on any atom is -0.587 e. The van der Waals surface area contributed by atoms with E-state index in [1.54, 1.807) is 0 Å². The fraction of sp³-hybridized carbons (Fsp3) is 0.750. The zero-order valence-electron chi connectivity index (χ0n) is 9.76. The van der Waals surface area contributed by atoms with Crippen LogP contribution in [0.4, 0.5) is 0 Å². The molecule has 0 heterocycles. The minimum absolute atomic E-state index is 0.140. The maximum atomic E-state index is 11.5. The van der Waals surface area contributed by atoms with Gasteiger partial charge in [0.25, 0.3) is 0 Å². The van der Waals surface area contributed by atoms with Crippen molar-refractivity contribution in [3.8, 4) is 0 Å². The summed E-state index contributed by atoms with van der Waals surface area (Å²) in [5, 5.41) is 19.7. The molecule has 1 rings (SSSR count). The lowest BCUT2D eigenvalue weighted by atomic mass is 9.96. The summed E-state index contributed by atoms with van der Waals surface area (Å²) in [6, 6.07) is 0. The number of aliphatic carboxylic acids is 1. The Balaban J connectivity index is 2.43. The predicted octanol–water partition coefficient (Wildman–Crippen LogP) is 1.48. The van der Waals surface area contributed by atoms with Crippen LogP contribution in [0.3, 0.4) is 0 Å². The third kappa shape index (κ3) is 5.54. The first-order chi connectivity index (χ1) is 8.89. The van der Waals surface area contributed by atoms with Crippen LogP contribution in [0.25, 0.3) is 0 Å². The molecule has 0 aliphatic heterocycles. The summed E-state index contributed by atoms with van der Waals surface area (Å²) in [5.74, 6) is -0.102. The average molecular weight is 315 g/mol. The van der Waals surface area contributed by atoms with Crippen molar-refractivity contribution in [2.45, 2.75) is 25.7 Å². The van der Waals surface area contributed by atoms with Crippen molar-refractivity contribution in [3.63, 3.8) is 0 Å². The number of hydrogen-bond acceptors (Lipinski definition) is 8. The highest BCUT2D eigenvalue weighted by molar-refractivity contribution is 8.20. The molecule has 11 heteroatoms. The maximum absolute atomic E-state index is 11.5. The van der Waals surface area contributed by atoms with E-state index in [2.05, 4.69) is 14.2 Å². The first-order valence-corrected chi connectivity index (χ1v) is 8.77. The molecule has 1 aliphatic rings. The molecule has 0 bridgehead atoms. The highest BCUT2D eigenvalue weighted by Crippen LogP contribution is 2.66. The van der Waals surface area contributed by atoms with Gasteiger partial charge >= 0.3 is 21.0 Å². The van der Waals surface area contributed by atoms with E-state index >= 15 is 0 Å². The van der Waals surface area contributed by atoms with Crippen molar-refractivity contribution in [1.29, 1.82) is 0 Å². The Morgan fingerprint density at radius 2 is 2.16 bits per heavy atom. The molecule has 1 fully saturated rings. The molecule has 0 aromatic carbocycles. The van der Waals surface area contributed by atoms with Crippen LogP contribution in [0.1, 0.15) is 25.7 Å². The van der Waals surface area contributed by atoms with Crippen LogP contribution in [0.2, 0.25) is 0 Å². The van der Waals surface area contributed by atoms with E-state index in [1.165, 1.54) is 0 Å². The summed E-state index contributed by atoms with van der Waals surface area (Å²) < 4.78 is 30.4. The normalized spacial score (nSPS) is 18.7. The second-order valence-corrected chi connectivity index (χ2v) is 8.21. The van der Waals surface area contributed by atoms with Gasteiger partial charge in [-0.25, -0.2) is 14.6 Å². The number of carbonyl (C=O) groups is 1. The molecule has 2 N–H and O–H groups in total. The Hall–Kier alpha value is -0.530. The molecule has 1 saturated carbocycles. The first-order valence-electron chi connectivity index (χ1n) is 5.34. The van der Waals surface area contributed by atoms with Crippen LogP contribution in [0, 0.1) is 11.8 Å². The Morgan fingerprint density at radius 3 is 2.58 bits per heavy atom. The van der Waals surface area contributed by atoms with Gasteiger partial charge in [0, 0.05) is 0 Å². The topological polar surface area (TPSA) is 142 Å². The summed E-state index contributed by atoms with van der Waals surface area (Å²) in [5.41, 5.74) is 0. The molecule has 0 aromatic heterocycles. The van der Waals surface area contributed by atoms with E-state index in [-0.39, 0.29) is 25.4 Å². The van der Waals surface area contributed by atoms with Gasteiger partial charge in [0.05, 0.1) is 0 Å². The zero-order valence-corrected chi connectivity index (χ0v) is 11.5. The van der Waals surface area contributed by atoms with E-state index in [0.29, 0.717) is 5.92 Å². The molecule has 1 aliphatic carbocycles. The van der Waals surface area contributed by atoms with Crippen LogP contribution in [0.15, 0.2) is 0 Å². The van der Waals surface area contributed by atoms with Gasteiger partial charge in [-0.1, -0.05) is 14.3 Å². The molecule has 0 spiro atoms. The van der Waals surface area contributed by atoms with Crippen molar-refractivity contribution in [3.05, 3.63) is 5.92 Å². The summed E-state index contributed by atoms with van der Waals surface area (Å²) in [6.07, 6.45) is 1.77. The molecule has 0 aromatic rings. The van der Waals surface area contributed by atoms with E-state index in [4.69, 9.17) is 10.4 Å². The highest BCUT2D eigenvalue weighted by atomic mass is 32.1. The predicted molar refractivity (Wildman–Crippen MR) is 58.8 cm³/mol. The monoisotopic (exact) mass is 315 g/mol. The fourth-order valence-electron chi connectivity index (χ4n) is 1.55. The maximum Gasteiger partial charge on any atom is 0.596 e. The molecule has 0 radical (unpaired) electrons. The van der Waals surface area contributed by atoms with Crippen molar-refractivity contribution >= 4 is 21.0 Å². The van der Waals surface area contributed by atoms with Crippen molar-refractivity contribution in [2.75, 3.05) is 6.61 Å². The Labute approximate surface area is 109 Å². The van der Waals surface area contributed by atoms with Gasteiger partial charge in [-0.15, -0.1) is 0 Å². The summed E-state index contributed by atoms with van der Waals surface area (Å²) in [4.78, 5) is 21.3. The minimum atomic E-state index is -4.57. The van der Waals surface area contributed by atoms with E-state index < -0.39 is 21.0 Å². The molecular formula is C8H13O9P2+. The quantitative estimate of drug-likeness (QED) is 0.265. The number of rotatable bonds is 10. The molecule has 0 saturated heterocycles. The van der Waals surface area contributed by atoms with Crippen LogP contribution in [0.5, 0.6) is 0 Å². The lowest BCUT2D eigenvalue weighted by Crippen LogP contribution is -2.10. The Morgan fingerprint density at radius 1 is 1.53 bits per heavy atom. The number of hydrogen-bond donors (Lipinski definition) is 2. The third-order valence-electron chi connectivity index (χ3n) is 2.54. The summed E-state index contributed by atoms with van der Waals surface area (Å²) in [7, 11) is -8.17. The lowest BCUT2D eigenvalue weighted by molar-refractivity contribution is -0.442. The van der Waals surface area contributed by atoms with Gasteiger partial charge in [-0.2, -0.15) is 0 Å². The average Bonchev–Trinajstić information content (AvgIpc) is 3.11. The van der Waals surface area contributed by atoms with Crippen LogP contribution in [-0.2, 0) is 28.2 Å². The Bertz CT molecular complexity index is 380. The van der Waals surface area contributed by atoms with E-state index in [1.807, 2.05) is 0 Å². The lowest BCUT2D eigenvalue weighted by Gasteiger charge is -2.07. The second-order valence-electron chi connectivity index (χ2n) is 3.94. The van der Waals surface area contributed by atoms with Crippen molar-refractivity contribution in [1.82, 2.24) is 0 Å². The molecule has 0 amide bonds. The van der Waals surface area contributed by atoms with Crippen molar-refractivity contribution < 1.29 is 43.4 Å². The molecule has 19 heavy (non-hydrogen) atoms. The molecule has 108 valence electrons. The largest absolute Gasteiger partial charge is 0.596 e. The summed E-state index contributed by atoms with van der Waals surface area (Å²) >= 11 is 0. The van der Waals surface area contributed by atoms with Crippen LogP contribution in [-0.4, -0.2) is 22.9 Å². The van der Waals surface area contributed by atoms with Crippen LogP contribution >= 0.6 is 15.0 Å². The van der Waals surface area contributed by atoms with Gasteiger partial charge in [0.2, 0.25) is 0 Å². The smallest absolute Gasteiger partial charge is 0.587 e. The standard InChI is InChI=1S/C8H12O9P2/c9-8(10)5-7(6-1-2-6)3-4-15-19(14,17-16-11)18(12)13/h6H,1-5H2,(H-,9,10,11)/p+1. The number of carboxylic acids is 1. The molecule has 2 atom stereocenters. The SMILES string of the molecule is O=C(O)C[C+](CCOP(=O)(OOO)[P+](=O)[O-])C1CC1. The third-order valence-corrected chi connectivity index (χ3v) is 5.45. The van der Waals surface area contributed by atoms with Gasteiger partial charge < -0.3 is 10.00 Å². The second kappa shape index (κ2) is 7.31. The van der Waals surface area contributed by atoms with E-state index in [9.17, 15) is 18.8 Å². The Kier molecular flexibility index (Phi) is 6.35.